The predicted molar refractivity (Wildman–Crippen MR) is 64.2 cm³/mol. The number of hydrogen-bond acceptors (Lipinski definition) is 1. The van der Waals surface area contributed by atoms with Crippen LogP contribution in [0.25, 0.3) is 0 Å². The first-order valence-corrected chi connectivity index (χ1v) is 6.58. The maximum atomic E-state index is 11.4. The number of carbonyl (C=O) groups is 1. The molecular formula is C12H22ClNO. The SMILES string of the molecule is CCCCCCC(=O)NCC1(CCl)CC1. The molecule has 1 saturated carbocycles. The number of amides is 1. The topological polar surface area (TPSA) is 29.1 Å². The van der Waals surface area contributed by atoms with Crippen LogP contribution in [0.5, 0.6) is 0 Å². The first-order chi connectivity index (χ1) is 7.22. The molecule has 0 radical (unpaired) electrons. The van der Waals surface area contributed by atoms with Crippen molar-refractivity contribution in [3.8, 4) is 0 Å². The Balaban J connectivity index is 1.99. The molecule has 0 heterocycles. The molecule has 0 aromatic carbocycles. The molecule has 0 atom stereocenters. The van der Waals surface area contributed by atoms with Gasteiger partial charge in [0.1, 0.15) is 0 Å². The molecule has 2 nitrogen and oxygen atoms in total. The number of halogens is 1. The lowest BCUT2D eigenvalue weighted by atomic mass is 10.1. The van der Waals surface area contributed by atoms with Gasteiger partial charge in [0.25, 0.3) is 0 Å². The highest BCUT2D eigenvalue weighted by atomic mass is 35.5. The summed E-state index contributed by atoms with van der Waals surface area (Å²) in [5.74, 6) is 0.880. The van der Waals surface area contributed by atoms with Gasteiger partial charge in [0.05, 0.1) is 0 Å². The second-order valence-corrected chi connectivity index (χ2v) is 4.99. The molecule has 1 rings (SSSR count). The minimum atomic E-state index is 0.197. The molecule has 88 valence electrons. The zero-order valence-electron chi connectivity index (χ0n) is 9.65. The van der Waals surface area contributed by atoms with Crippen LogP contribution >= 0.6 is 11.6 Å². The van der Waals surface area contributed by atoms with E-state index in [9.17, 15) is 4.79 Å². The van der Waals surface area contributed by atoms with Crippen LogP contribution in [0.3, 0.4) is 0 Å². The minimum Gasteiger partial charge on any atom is -0.356 e. The van der Waals surface area contributed by atoms with Gasteiger partial charge in [-0.05, 0) is 19.3 Å². The molecule has 0 aromatic rings. The molecule has 3 heteroatoms. The number of unbranched alkanes of at least 4 members (excludes halogenated alkanes) is 3. The molecule has 1 fully saturated rings. The standard InChI is InChI=1S/C12H22ClNO/c1-2-3-4-5-6-11(15)14-10-12(9-13)7-8-12/h2-10H2,1H3,(H,14,15). The van der Waals surface area contributed by atoms with Gasteiger partial charge in [0.15, 0.2) is 0 Å². The lowest BCUT2D eigenvalue weighted by Crippen LogP contribution is -2.30. The van der Waals surface area contributed by atoms with E-state index in [0.29, 0.717) is 12.3 Å². The molecule has 1 aliphatic rings. The number of alkyl halides is 1. The van der Waals surface area contributed by atoms with E-state index in [1.807, 2.05) is 0 Å². The van der Waals surface area contributed by atoms with Crippen LogP contribution in [0.1, 0.15) is 51.9 Å². The fraction of sp³-hybridized carbons (Fsp3) is 0.917. The van der Waals surface area contributed by atoms with Gasteiger partial charge in [-0.1, -0.05) is 26.2 Å². The van der Waals surface area contributed by atoms with Crippen molar-refractivity contribution in [2.75, 3.05) is 12.4 Å². The highest BCUT2D eigenvalue weighted by Gasteiger charge is 2.41. The predicted octanol–water partition coefficient (Wildman–Crippen LogP) is 3.09. The fourth-order valence-corrected chi connectivity index (χ4v) is 1.98. The van der Waals surface area contributed by atoms with Gasteiger partial charge in [0, 0.05) is 24.3 Å². The van der Waals surface area contributed by atoms with E-state index in [4.69, 9.17) is 11.6 Å². The van der Waals surface area contributed by atoms with Gasteiger partial charge in [-0.25, -0.2) is 0 Å². The number of hydrogen-bond donors (Lipinski definition) is 1. The highest BCUT2D eigenvalue weighted by Crippen LogP contribution is 2.45. The van der Waals surface area contributed by atoms with Crippen molar-refractivity contribution in [3.05, 3.63) is 0 Å². The van der Waals surface area contributed by atoms with Crippen LogP contribution in [-0.4, -0.2) is 18.3 Å². The molecule has 0 spiro atoms. The second-order valence-electron chi connectivity index (χ2n) is 4.72. The van der Waals surface area contributed by atoms with Crippen molar-refractivity contribution in [3.63, 3.8) is 0 Å². The Kier molecular flexibility index (Phi) is 5.44. The minimum absolute atomic E-state index is 0.197. The second kappa shape index (κ2) is 6.37. The molecule has 0 bridgehead atoms. The zero-order valence-corrected chi connectivity index (χ0v) is 10.4. The Morgan fingerprint density at radius 3 is 2.60 bits per heavy atom. The normalized spacial score (nSPS) is 17.5. The first kappa shape index (κ1) is 12.8. The van der Waals surface area contributed by atoms with E-state index in [1.165, 1.54) is 32.1 Å². The number of rotatable bonds is 8. The van der Waals surface area contributed by atoms with Gasteiger partial charge in [0.2, 0.25) is 5.91 Å². The zero-order chi connectivity index (χ0) is 11.1. The van der Waals surface area contributed by atoms with Crippen LogP contribution in [0.15, 0.2) is 0 Å². The molecule has 0 aromatic heterocycles. The summed E-state index contributed by atoms with van der Waals surface area (Å²) in [5.41, 5.74) is 0.251. The lowest BCUT2D eigenvalue weighted by molar-refractivity contribution is -0.121. The summed E-state index contributed by atoms with van der Waals surface area (Å²) in [6, 6.07) is 0. The van der Waals surface area contributed by atoms with Crippen LogP contribution in [0.2, 0.25) is 0 Å². The summed E-state index contributed by atoms with van der Waals surface area (Å²) >= 11 is 5.83. The molecule has 1 N–H and O–H groups in total. The van der Waals surface area contributed by atoms with Crippen LogP contribution in [0.4, 0.5) is 0 Å². The van der Waals surface area contributed by atoms with Crippen molar-refractivity contribution in [2.45, 2.75) is 51.9 Å². The smallest absolute Gasteiger partial charge is 0.220 e. The summed E-state index contributed by atoms with van der Waals surface area (Å²) in [7, 11) is 0. The van der Waals surface area contributed by atoms with E-state index >= 15 is 0 Å². The monoisotopic (exact) mass is 231 g/mol. The largest absolute Gasteiger partial charge is 0.356 e. The highest BCUT2D eigenvalue weighted by molar-refractivity contribution is 6.18. The number of carbonyl (C=O) groups excluding carboxylic acids is 1. The maximum Gasteiger partial charge on any atom is 0.220 e. The van der Waals surface area contributed by atoms with Crippen LogP contribution < -0.4 is 5.32 Å². The Labute approximate surface area is 97.8 Å². The summed E-state index contributed by atoms with van der Waals surface area (Å²) in [4.78, 5) is 11.4. The molecule has 1 aliphatic carbocycles. The Morgan fingerprint density at radius 1 is 1.33 bits per heavy atom. The third kappa shape index (κ3) is 4.87. The molecule has 0 unspecified atom stereocenters. The summed E-state index contributed by atoms with van der Waals surface area (Å²) in [6.45, 7) is 2.96. The van der Waals surface area contributed by atoms with E-state index in [0.717, 1.165) is 13.0 Å². The van der Waals surface area contributed by atoms with Crippen molar-refractivity contribution in [1.82, 2.24) is 5.32 Å². The summed E-state index contributed by atoms with van der Waals surface area (Å²) in [6.07, 6.45) is 7.67. The van der Waals surface area contributed by atoms with Crippen molar-refractivity contribution < 1.29 is 4.79 Å². The fourth-order valence-electron chi connectivity index (χ4n) is 1.62. The van der Waals surface area contributed by atoms with E-state index in [-0.39, 0.29) is 11.3 Å². The lowest BCUT2D eigenvalue weighted by Gasteiger charge is -2.12. The van der Waals surface area contributed by atoms with Gasteiger partial charge in [-0.15, -0.1) is 11.6 Å². The van der Waals surface area contributed by atoms with Gasteiger partial charge >= 0.3 is 0 Å². The summed E-state index contributed by atoms with van der Waals surface area (Å²) < 4.78 is 0. The van der Waals surface area contributed by atoms with Crippen LogP contribution in [-0.2, 0) is 4.79 Å². The third-order valence-electron chi connectivity index (χ3n) is 3.16. The Morgan fingerprint density at radius 2 is 2.07 bits per heavy atom. The molecule has 0 saturated heterocycles. The quantitative estimate of drug-likeness (QED) is 0.505. The van der Waals surface area contributed by atoms with Crippen molar-refractivity contribution in [2.24, 2.45) is 5.41 Å². The van der Waals surface area contributed by atoms with E-state index < -0.39 is 0 Å². The van der Waals surface area contributed by atoms with Crippen molar-refractivity contribution >= 4 is 17.5 Å². The van der Waals surface area contributed by atoms with Crippen LogP contribution in [0, 0.1) is 5.41 Å². The van der Waals surface area contributed by atoms with E-state index in [2.05, 4.69) is 12.2 Å². The Bertz CT molecular complexity index is 202. The number of nitrogens with one attached hydrogen (secondary N) is 1. The van der Waals surface area contributed by atoms with Gasteiger partial charge in [-0.2, -0.15) is 0 Å². The maximum absolute atomic E-state index is 11.4. The third-order valence-corrected chi connectivity index (χ3v) is 3.73. The van der Waals surface area contributed by atoms with Gasteiger partial charge in [-0.3, -0.25) is 4.79 Å². The van der Waals surface area contributed by atoms with Gasteiger partial charge < -0.3 is 5.32 Å². The molecular weight excluding hydrogens is 210 g/mol. The first-order valence-electron chi connectivity index (χ1n) is 6.05. The molecule has 0 aliphatic heterocycles. The Hall–Kier alpha value is -0.240. The summed E-state index contributed by atoms with van der Waals surface area (Å²) in [5, 5.41) is 2.99. The molecule has 1 amide bonds. The average Bonchev–Trinajstić information content (AvgIpc) is 3.02. The van der Waals surface area contributed by atoms with Crippen molar-refractivity contribution in [1.29, 1.82) is 0 Å². The average molecular weight is 232 g/mol. The molecule has 15 heavy (non-hydrogen) atoms. The van der Waals surface area contributed by atoms with E-state index in [1.54, 1.807) is 0 Å².